The number of para-hydroxylation sites is 1. The van der Waals surface area contributed by atoms with Gasteiger partial charge in [-0.3, -0.25) is 14.4 Å². The first-order valence-electron chi connectivity index (χ1n) is 13.5. The summed E-state index contributed by atoms with van der Waals surface area (Å²) in [7, 11) is -0.0582. The number of sulfonamides is 1. The summed E-state index contributed by atoms with van der Waals surface area (Å²) in [5.41, 5.74) is -0.982. The van der Waals surface area contributed by atoms with Crippen molar-refractivity contribution in [2.75, 3.05) is 51.7 Å². The van der Waals surface area contributed by atoms with E-state index in [1.54, 1.807) is 31.2 Å². The topological polar surface area (TPSA) is 119 Å². The second kappa shape index (κ2) is 10.5. The van der Waals surface area contributed by atoms with Gasteiger partial charge < -0.3 is 19.8 Å². The maximum absolute atomic E-state index is 14.2. The van der Waals surface area contributed by atoms with Gasteiger partial charge in [-0.1, -0.05) is 24.6 Å². The predicted molar refractivity (Wildman–Crippen MR) is 150 cm³/mol. The van der Waals surface area contributed by atoms with Gasteiger partial charge in [0.2, 0.25) is 10.0 Å². The number of carbonyl (C=O) groups excluding carboxylic acids is 3. The molecule has 1 N–H and O–H groups in total. The number of anilines is 1. The van der Waals surface area contributed by atoms with Crippen LogP contribution >= 0.6 is 0 Å². The van der Waals surface area contributed by atoms with Crippen LogP contribution in [-0.4, -0.2) is 92.0 Å². The third-order valence-electron chi connectivity index (χ3n) is 7.98. The zero-order valence-corrected chi connectivity index (χ0v) is 23.8. The lowest BCUT2D eigenvalue weighted by Gasteiger charge is -2.35. The highest BCUT2D eigenvalue weighted by Crippen LogP contribution is 2.53. The van der Waals surface area contributed by atoms with Crippen molar-refractivity contribution in [3.8, 4) is 0 Å². The molecule has 2 saturated heterocycles. The molecule has 11 heteroatoms. The van der Waals surface area contributed by atoms with Crippen molar-refractivity contribution < 1.29 is 27.9 Å². The molecule has 0 aliphatic carbocycles. The summed E-state index contributed by atoms with van der Waals surface area (Å²) < 4.78 is 27.7. The van der Waals surface area contributed by atoms with E-state index in [4.69, 9.17) is 0 Å². The normalized spacial score (nSPS) is 23.1. The number of amides is 2. The van der Waals surface area contributed by atoms with Crippen LogP contribution in [0.15, 0.2) is 59.0 Å². The number of hydrogen-bond donors (Lipinski definition) is 1. The number of aliphatic hydroxyl groups excluding tert-OH is 1. The lowest BCUT2D eigenvalue weighted by Crippen LogP contribution is -2.53. The molecule has 1 unspecified atom stereocenters. The van der Waals surface area contributed by atoms with Crippen LogP contribution in [0.2, 0.25) is 0 Å². The van der Waals surface area contributed by atoms with E-state index in [0.29, 0.717) is 37.4 Å². The van der Waals surface area contributed by atoms with Gasteiger partial charge in [0.05, 0.1) is 16.2 Å². The first-order chi connectivity index (χ1) is 19.1. The van der Waals surface area contributed by atoms with Gasteiger partial charge in [-0.25, -0.2) is 8.42 Å². The number of hydrogen-bond acceptors (Lipinski definition) is 7. The number of ketones is 1. The number of nitrogens with zero attached hydrogens (tertiary/aromatic N) is 4. The quantitative estimate of drug-likeness (QED) is 0.311. The Morgan fingerprint density at radius 2 is 1.62 bits per heavy atom. The molecule has 0 bridgehead atoms. The molecular formula is C29H34N4O6S. The van der Waals surface area contributed by atoms with Crippen LogP contribution in [0.25, 0.3) is 5.76 Å². The van der Waals surface area contributed by atoms with Crippen LogP contribution in [-0.2, 0) is 29.9 Å². The number of likely N-dealkylation sites (tertiary alicyclic amines) is 1. The predicted octanol–water partition coefficient (Wildman–Crippen LogP) is 2.37. The second-order valence-corrected chi connectivity index (χ2v) is 12.5. The third-order valence-corrected chi connectivity index (χ3v) is 9.89. The highest BCUT2D eigenvalue weighted by atomic mass is 32.2. The van der Waals surface area contributed by atoms with Crippen LogP contribution in [0.3, 0.4) is 0 Å². The van der Waals surface area contributed by atoms with Crippen molar-refractivity contribution in [3.05, 3.63) is 65.2 Å². The zero-order chi connectivity index (χ0) is 28.8. The Labute approximate surface area is 234 Å². The molecule has 3 aliphatic rings. The number of benzene rings is 2. The number of rotatable bonds is 7. The molecule has 5 rings (SSSR count). The van der Waals surface area contributed by atoms with Gasteiger partial charge in [-0.2, -0.15) is 4.31 Å². The lowest BCUT2D eigenvalue weighted by atomic mass is 9.82. The summed E-state index contributed by atoms with van der Waals surface area (Å²) in [6, 6.07) is 12.6. The molecule has 1 atom stereocenters. The minimum Gasteiger partial charge on any atom is -0.507 e. The minimum absolute atomic E-state index is 0.0755. The highest BCUT2D eigenvalue weighted by molar-refractivity contribution is 7.89. The monoisotopic (exact) mass is 566 g/mol. The van der Waals surface area contributed by atoms with Gasteiger partial charge in [0, 0.05) is 43.9 Å². The fourth-order valence-electron chi connectivity index (χ4n) is 5.96. The first-order valence-corrected chi connectivity index (χ1v) is 15.0. The molecule has 2 fully saturated rings. The van der Waals surface area contributed by atoms with E-state index in [0.717, 1.165) is 19.3 Å². The number of aliphatic hydroxyl groups is 1. The maximum atomic E-state index is 14.2. The van der Waals surface area contributed by atoms with Gasteiger partial charge in [0.25, 0.3) is 17.6 Å². The van der Waals surface area contributed by atoms with E-state index in [-0.39, 0.29) is 22.6 Å². The van der Waals surface area contributed by atoms with Gasteiger partial charge in [-0.05, 0) is 64.2 Å². The molecule has 212 valence electrons. The average Bonchev–Trinajstić information content (AvgIpc) is 3.34. The van der Waals surface area contributed by atoms with Crippen LogP contribution in [0, 0.1) is 0 Å². The summed E-state index contributed by atoms with van der Waals surface area (Å²) in [6.07, 6.45) is 2.60. The first kappa shape index (κ1) is 28.0. The van der Waals surface area contributed by atoms with Crippen molar-refractivity contribution in [3.63, 3.8) is 0 Å². The second-order valence-electron chi connectivity index (χ2n) is 10.6. The molecule has 0 saturated carbocycles. The number of carbonyl (C=O) groups is 3. The summed E-state index contributed by atoms with van der Waals surface area (Å²) >= 11 is 0. The lowest BCUT2D eigenvalue weighted by molar-refractivity contribution is -0.143. The Morgan fingerprint density at radius 1 is 0.975 bits per heavy atom. The van der Waals surface area contributed by atoms with Crippen molar-refractivity contribution in [2.45, 2.75) is 36.6 Å². The number of likely N-dealkylation sites (N-methyl/N-ethyl adjacent to an activating group) is 2. The molecule has 2 aromatic carbocycles. The largest absolute Gasteiger partial charge is 0.507 e. The SMILES string of the molecule is CCN1C(=O)C2(/C(=C(\O)c3ccc(S(=O)(=O)N4CCCCC4)cc3)C(=O)C(=O)N2CCN(C)C)c2ccccc21. The van der Waals surface area contributed by atoms with E-state index in [1.807, 2.05) is 19.0 Å². The van der Waals surface area contributed by atoms with Gasteiger partial charge in [0.1, 0.15) is 5.76 Å². The summed E-state index contributed by atoms with van der Waals surface area (Å²) in [5.74, 6) is -2.83. The highest BCUT2D eigenvalue weighted by Gasteiger charge is 2.66. The van der Waals surface area contributed by atoms with Crippen molar-refractivity contribution >= 4 is 39.1 Å². The molecule has 0 radical (unpaired) electrons. The standard InChI is InChI=1S/C29H34N4O6S/c1-4-32-23-11-7-6-10-22(23)29(28(32)37)24(26(35)27(36)33(29)19-18-30(2)3)25(34)20-12-14-21(15-13-20)40(38,39)31-16-8-5-9-17-31/h6-7,10-15,34H,4-5,8-9,16-19H2,1-3H3/b25-24-. The fourth-order valence-corrected chi connectivity index (χ4v) is 7.48. The summed E-state index contributed by atoms with van der Waals surface area (Å²) in [4.78, 5) is 46.0. The van der Waals surface area contributed by atoms with Crippen LogP contribution in [0.4, 0.5) is 5.69 Å². The minimum atomic E-state index is -3.71. The summed E-state index contributed by atoms with van der Waals surface area (Å²) in [5, 5.41) is 11.6. The molecular weight excluding hydrogens is 532 g/mol. The molecule has 0 aromatic heterocycles. The molecule has 1 spiro atoms. The average molecular weight is 567 g/mol. The van der Waals surface area contributed by atoms with Gasteiger partial charge >= 0.3 is 0 Å². The number of piperidine rings is 1. The molecule has 3 aliphatic heterocycles. The van der Waals surface area contributed by atoms with E-state index in [1.165, 1.54) is 38.4 Å². The van der Waals surface area contributed by atoms with Crippen molar-refractivity contribution in [1.29, 1.82) is 0 Å². The Morgan fingerprint density at radius 3 is 2.25 bits per heavy atom. The Bertz CT molecular complexity index is 1490. The summed E-state index contributed by atoms with van der Waals surface area (Å²) in [6.45, 7) is 3.49. The van der Waals surface area contributed by atoms with Crippen LogP contribution < -0.4 is 4.90 Å². The molecule has 3 heterocycles. The van der Waals surface area contributed by atoms with Gasteiger partial charge in [0.15, 0.2) is 5.54 Å². The van der Waals surface area contributed by atoms with E-state index in [9.17, 15) is 27.9 Å². The maximum Gasteiger partial charge on any atom is 0.296 e. The van der Waals surface area contributed by atoms with E-state index in [2.05, 4.69) is 0 Å². The molecule has 2 amide bonds. The smallest absolute Gasteiger partial charge is 0.296 e. The Kier molecular flexibility index (Phi) is 7.32. The number of fused-ring (bicyclic) bond motifs is 2. The van der Waals surface area contributed by atoms with Crippen molar-refractivity contribution in [2.24, 2.45) is 0 Å². The van der Waals surface area contributed by atoms with Gasteiger partial charge in [-0.15, -0.1) is 0 Å². The Hall–Kier alpha value is -3.54. The van der Waals surface area contributed by atoms with Crippen LogP contribution in [0.1, 0.15) is 37.3 Å². The molecule has 2 aromatic rings. The number of Topliss-reactive ketones (excluding diaryl/α,β-unsaturated/α-hetero) is 1. The molecule has 40 heavy (non-hydrogen) atoms. The zero-order valence-electron chi connectivity index (χ0n) is 23.0. The fraction of sp³-hybridized carbons (Fsp3) is 0.414. The van der Waals surface area contributed by atoms with Crippen molar-refractivity contribution in [1.82, 2.24) is 14.1 Å². The van der Waals surface area contributed by atoms with Crippen LogP contribution in [0.5, 0.6) is 0 Å². The van der Waals surface area contributed by atoms with E-state index >= 15 is 0 Å². The molecule has 10 nitrogen and oxygen atoms in total. The van der Waals surface area contributed by atoms with E-state index < -0.39 is 38.9 Å². The Balaban J connectivity index is 1.66. The third kappa shape index (κ3) is 4.15.